The molecule has 0 spiro atoms. The average molecular weight is 416 g/mol. The Hall–Kier alpha value is -2.39. The van der Waals surface area contributed by atoms with Crippen LogP contribution >= 0.6 is 0 Å². The van der Waals surface area contributed by atoms with Crippen LogP contribution in [0.25, 0.3) is 10.8 Å². The molecule has 3 aromatic rings. The fourth-order valence-electron chi connectivity index (χ4n) is 6.88. The van der Waals surface area contributed by atoms with E-state index in [2.05, 4.69) is 41.7 Å². The molecular formula is C28H30FNO. The molecule has 31 heavy (non-hydrogen) atoms. The Morgan fingerprint density at radius 1 is 0.806 bits per heavy atom. The van der Waals surface area contributed by atoms with Crippen molar-refractivity contribution in [3.8, 4) is 5.75 Å². The number of nitrogens with one attached hydrogen (secondary N) is 1. The summed E-state index contributed by atoms with van der Waals surface area (Å²) in [6, 6.07) is 20.2. The predicted octanol–water partition coefficient (Wildman–Crippen LogP) is 6.47. The number of hydrogen-bond donors (Lipinski definition) is 1. The van der Waals surface area contributed by atoms with E-state index in [1.54, 1.807) is 12.1 Å². The van der Waals surface area contributed by atoms with Crippen molar-refractivity contribution in [3.63, 3.8) is 0 Å². The molecular weight excluding hydrogens is 385 g/mol. The van der Waals surface area contributed by atoms with Crippen LogP contribution in [0.15, 0.2) is 60.7 Å². The van der Waals surface area contributed by atoms with Gasteiger partial charge >= 0.3 is 0 Å². The Morgan fingerprint density at radius 2 is 1.52 bits per heavy atom. The lowest BCUT2D eigenvalue weighted by Crippen LogP contribution is -2.54. The lowest BCUT2D eigenvalue weighted by atomic mass is 9.54. The van der Waals surface area contributed by atoms with Gasteiger partial charge in [0.1, 0.15) is 18.2 Å². The zero-order chi connectivity index (χ0) is 20.8. The van der Waals surface area contributed by atoms with Gasteiger partial charge in [0.15, 0.2) is 0 Å². The highest BCUT2D eigenvalue weighted by molar-refractivity contribution is 5.87. The molecule has 4 bridgehead atoms. The van der Waals surface area contributed by atoms with Gasteiger partial charge in [0.05, 0.1) is 0 Å². The Morgan fingerprint density at radius 3 is 2.29 bits per heavy atom. The zero-order valence-corrected chi connectivity index (χ0v) is 17.9. The van der Waals surface area contributed by atoms with Crippen LogP contribution in [0.3, 0.4) is 0 Å². The number of halogens is 1. The molecule has 3 heteroatoms. The number of benzene rings is 3. The van der Waals surface area contributed by atoms with Gasteiger partial charge in [0, 0.05) is 23.7 Å². The zero-order valence-electron chi connectivity index (χ0n) is 17.9. The Labute approximate surface area is 183 Å². The summed E-state index contributed by atoms with van der Waals surface area (Å²) in [6.07, 6.45) is 7.14. The maximum absolute atomic E-state index is 14.1. The second kappa shape index (κ2) is 7.94. The largest absolute Gasteiger partial charge is 0.488 e. The SMILES string of the molecule is Fc1ccccc1COc1ccc2ccccc2c1CNC1C2CC3CC(C2)CC1C3. The topological polar surface area (TPSA) is 21.3 Å². The summed E-state index contributed by atoms with van der Waals surface area (Å²) >= 11 is 0. The molecule has 3 aromatic carbocycles. The van der Waals surface area contributed by atoms with Crippen LogP contribution in [0.1, 0.15) is 43.2 Å². The maximum Gasteiger partial charge on any atom is 0.129 e. The fraction of sp³-hybridized carbons (Fsp3) is 0.429. The van der Waals surface area contributed by atoms with Crippen LogP contribution < -0.4 is 10.1 Å². The van der Waals surface area contributed by atoms with E-state index < -0.39 is 0 Å². The monoisotopic (exact) mass is 415 g/mol. The highest BCUT2D eigenvalue weighted by Crippen LogP contribution is 2.53. The van der Waals surface area contributed by atoms with Crippen LogP contribution in [0.5, 0.6) is 5.75 Å². The minimum absolute atomic E-state index is 0.212. The standard InChI is InChI=1S/C28H30FNO/c29-26-8-4-2-6-21(26)17-31-27-10-9-20-5-1-3-7-24(20)25(27)16-30-28-22-12-18-11-19(14-22)15-23(28)13-18/h1-10,18-19,22-23,28,30H,11-17H2. The summed E-state index contributed by atoms with van der Waals surface area (Å²) in [5, 5.41) is 6.42. The first-order valence-electron chi connectivity index (χ1n) is 11.8. The molecule has 4 saturated carbocycles. The third-order valence-corrected chi connectivity index (χ3v) is 8.08. The van der Waals surface area contributed by atoms with Gasteiger partial charge in [-0.05, 0) is 78.7 Å². The molecule has 4 aliphatic rings. The summed E-state index contributed by atoms with van der Waals surface area (Å²) in [6.45, 7) is 1.05. The van der Waals surface area contributed by atoms with Gasteiger partial charge in [-0.1, -0.05) is 48.5 Å². The molecule has 4 aliphatic carbocycles. The minimum atomic E-state index is -0.212. The van der Waals surface area contributed by atoms with E-state index in [4.69, 9.17) is 4.74 Å². The van der Waals surface area contributed by atoms with Crippen molar-refractivity contribution in [1.82, 2.24) is 5.32 Å². The first-order valence-corrected chi connectivity index (χ1v) is 11.8. The molecule has 0 aliphatic heterocycles. The summed E-state index contributed by atoms with van der Waals surface area (Å²) < 4.78 is 20.3. The summed E-state index contributed by atoms with van der Waals surface area (Å²) in [5.74, 6) is 4.30. The molecule has 0 amide bonds. The number of ether oxygens (including phenoxy) is 1. The van der Waals surface area contributed by atoms with Crippen molar-refractivity contribution in [2.24, 2.45) is 23.7 Å². The Kier molecular flexibility index (Phi) is 4.95. The molecule has 7 rings (SSSR count). The molecule has 0 saturated heterocycles. The van der Waals surface area contributed by atoms with E-state index >= 15 is 0 Å². The average Bonchev–Trinajstić information content (AvgIpc) is 2.78. The molecule has 160 valence electrons. The van der Waals surface area contributed by atoms with Crippen molar-refractivity contribution in [1.29, 1.82) is 0 Å². The van der Waals surface area contributed by atoms with Crippen molar-refractivity contribution in [2.45, 2.75) is 51.3 Å². The van der Waals surface area contributed by atoms with Crippen LogP contribution in [0.4, 0.5) is 4.39 Å². The van der Waals surface area contributed by atoms with Gasteiger partial charge in [-0.3, -0.25) is 0 Å². The van der Waals surface area contributed by atoms with E-state index in [0.29, 0.717) is 11.6 Å². The van der Waals surface area contributed by atoms with Gasteiger partial charge in [-0.15, -0.1) is 0 Å². The highest BCUT2D eigenvalue weighted by Gasteiger charge is 2.47. The third-order valence-electron chi connectivity index (χ3n) is 8.08. The van der Waals surface area contributed by atoms with Gasteiger partial charge in [-0.25, -0.2) is 4.39 Å². The van der Waals surface area contributed by atoms with E-state index in [1.165, 1.54) is 54.5 Å². The molecule has 4 fully saturated rings. The van der Waals surface area contributed by atoms with E-state index in [-0.39, 0.29) is 12.4 Å². The third kappa shape index (κ3) is 3.63. The smallest absolute Gasteiger partial charge is 0.129 e. The van der Waals surface area contributed by atoms with Gasteiger partial charge < -0.3 is 10.1 Å². The normalized spacial score (nSPS) is 28.9. The van der Waals surface area contributed by atoms with E-state index in [1.807, 2.05) is 6.07 Å². The molecule has 1 N–H and O–H groups in total. The minimum Gasteiger partial charge on any atom is -0.488 e. The lowest BCUT2D eigenvalue weighted by molar-refractivity contribution is -0.0143. The molecule has 0 atom stereocenters. The van der Waals surface area contributed by atoms with Gasteiger partial charge in [-0.2, -0.15) is 0 Å². The Balaban J connectivity index is 1.26. The summed E-state index contributed by atoms with van der Waals surface area (Å²) in [7, 11) is 0. The van der Waals surface area contributed by atoms with E-state index in [0.717, 1.165) is 36.0 Å². The van der Waals surface area contributed by atoms with Crippen LogP contribution in [-0.4, -0.2) is 6.04 Å². The van der Waals surface area contributed by atoms with Gasteiger partial charge in [0.2, 0.25) is 0 Å². The molecule has 0 heterocycles. The van der Waals surface area contributed by atoms with Gasteiger partial charge in [0.25, 0.3) is 0 Å². The molecule has 0 radical (unpaired) electrons. The predicted molar refractivity (Wildman–Crippen MR) is 122 cm³/mol. The van der Waals surface area contributed by atoms with Crippen molar-refractivity contribution < 1.29 is 9.13 Å². The van der Waals surface area contributed by atoms with Crippen LogP contribution in [0.2, 0.25) is 0 Å². The van der Waals surface area contributed by atoms with Crippen molar-refractivity contribution in [2.75, 3.05) is 0 Å². The van der Waals surface area contributed by atoms with Crippen molar-refractivity contribution >= 4 is 10.8 Å². The summed E-state index contributed by atoms with van der Waals surface area (Å²) in [4.78, 5) is 0. The molecule has 2 nitrogen and oxygen atoms in total. The van der Waals surface area contributed by atoms with Crippen molar-refractivity contribution in [3.05, 3.63) is 77.6 Å². The maximum atomic E-state index is 14.1. The lowest BCUT2D eigenvalue weighted by Gasteiger charge is -2.54. The number of fused-ring (bicyclic) bond motifs is 1. The molecule has 0 unspecified atom stereocenters. The second-order valence-corrected chi connectivity index (χ2v) is 9.98. The van der Waals surface area contributed by atoms with Crippen LogP contribution in [0, 0.1) is 29.5 Å². The number of hydrogen-bond acceptors (Lipinski definition) is 2. The first-order chi connectivity index (χ1) is 15.2. The quantitative estimate of drug-likeness (QED) is 0.498. The summed E-state index contributed by atoms with van der Waals surface area (Å²) in [5.41, 5.74) is 1.79. The van der Waals surface area contributed by atoms with E-state index in [9.17, 15) is 4.39 Å². The second-order valence-electron chi connectivity index (χ2n) is 9.98. The number of rotatable bonds is 6. The first kappa shape index (κ1) is 19.3. The van der Waals surface area contributed by atoms with Crippen LogP contribution in [-0.2, 0) is 13.2 Å². The molecule has 0 aromatic heterocycles. The fourth-order valence-corrected chi connectivity index (χ4v) is 6.88. The Bertz CT molecular complexity index is 1070. The highest BCUT2D eigenvalue weighted by atomic mass is 19.1.